The van der Waals surface area contributed by atoms with Crippen LogP contribution in [0.25, 0.3) is 0 Å². The lowest BCUT2D eigenvalue weighted by molar-refractivity contribution is 0.609. The van der Waals surface area contributed by atoms with Crippen molar-refractivity contribution < 1.29 is 8.42 Å². The van der Waals surface area contributed by atoms with E-state index in [-0.39, 0.29) is 4.90 Å². The lowest BCUT2D eigenvalue weighted by Crippen LogP contribution is -1.92. The second-order valence-corrected chi connectivity index (χ2v) is 8.13. The number of nitrogen functional groups attached to an aromatic ring is 1. The summed E-state index contributed by atoms with van der Waals surface area (Å²) in [4.78, 5) is 0.0930. The van der Waals surface area contributed by atoms with Crippen LogP contribution in [0.15, 0.2) is 41.3 Å². The van der Waals surface area contributed by atoms with Crippen LogP contribution in [0, 0.1) is 0 Å². The molecule has 2 aromatic carbocycles. The summed E-state index contributed by atoms with van der Waals surface area (Å²) in [5.41, 5.74) is 8.22. The molecule has 0 atom stereocenters. The number of rotatable bonds is 3. The fraction of sp³-hybridized carbons (Fsp3) is 0.250. The average Bonchev–Trinajstić information content (AvgIpc) is 2.49. The van der Waals surface area contributed by atoms with Crippen LogP contribution in [0.5, 0.6) is 0 Å². The zero-order valence-electron chi connectivity index (χ0n) is 12.8. The van der Waals surface area contributed by atoms with Crippen LogP contribution in [0.4, 0.5) is 5.69 Å². The Bertz CT molecular complexity index is 777. The summed E-state index contributed by atoms with van der Waals surface area (Å²) >= 11 is 11.6. The van der Waals surface area contributed by atoms with Gasteiger partial charge >= 0.3 is 0 Å². The first-order valence-electron chi connectivity index (χ1n) is 6.96. The molecule has 0 heterocycles. The highest BCUT2D eigenvalue weighted by atomic mass is 35.7. The maximum absolute atomic E-state index is 10.9. The van der Waals surface area contributed by atoms with E-state index >= 15 is 0 Å². The van der Waals surface area contributed by atoms with E-state index in [1.807, 2.05) is 25.1 Å². The largest absolute Gasteiger partial charge is 0.399 e. The number of anilines is 1. The predicted octanol–water partition coefficient (Wildman–Crippen LogP) is 5.31. The summed E-state index contributed by atoms with van der Waals surface area (Å²) in [6.07, 6.45) is 1.61. The Morgan fingerprint density at radius 1 is 0.913 bits per heavy atom. The van der Waals surface area contributed by atoms with Crippen molar-refractivity contribution in [3.05, 3.63) is 57.6 Å². The average molecular weight is 395 g/mol. The first-order chi connectivity index (χ1) is 10.7. The number of hydrogen-bond acceptors (Lipinski definition) is 3. The molecule has 0 fully saturated rings. The monoisotopic (exact) mass is 393 g/mol. The normalized spacial score (nSPS) is 10.8. The summed E-state index contributed by atoms with van der Waals surface area (Å²) in [5, 5.41) is 1.36. The van der Waals surface area contributed by atoms with Gasteiger partial charge in [0.05, 0.1) is 4.90 Å². The second kappa shape index (κ2) is 8.78. The molecule has 0 saturated carbocycles. The van der Waals surface area contributed by atoms with Gasteiger partial charge in [-0.05, 0) is 60.4 Å². The molecule has 2 rings (SSSR count). The van der Waals surface area contributed by atoms with Crippen LogP contribution in [0.1, 0.15) is 25.0 Å². The van der Waals surface area contributed by atoms with Gasteiger partial charge in [0, 0.05) is 26.4 Å². The number of benzene rings is 2. The fourth-order valence-corrected chi connectivity index (χ4v) is 3.14. The number of nitrogens with two attached hydrogens (primary N) is 1. The molecule has 2 N–H and O–H groups in total. The van der Waals surface area contributed by atoms with E-state index in [1.165, 1.54) is 18.2 Å². The van der Waals surface area contributed by atoms with Crippen molar-refractivity contribution in [3.63, 3.8) is 0 Å². The number of aryl methyl sites for hydroxylation is 2. The molecule has 0 unspecified atom stereocenters. The molecule has 0 aliphatic rings. The summed E-state index contributed by atoms with van der Waals surface area (Å²) in [5.74, 6) is 0. The Morgan fingerprint density at radius 2 is 1.39 bits per heavy atom. The van der Waals surface area contributed by atoms with E-state index in [0.29, 0.717) is 11.4 Å². The first-order valence-corrected chi connectivity index (χ1v) is 10.0. The minimum absolute atomic E-state index is 0.0930. The second-order valence-electron chi connectivity index (χ2n) is 4.75. The van der Waals surface area contributed by atoms with Crippen LogP contribution >= 0.6 is 33.9 Å². The molecule has 2 aromatic rings. The molecular weight excluding hydrogens is 377 g/mol. The molecule has 0 radical (unpaired) electrons. The molecule has 3 nitrogen and oxygen atoms in total. The summed E-state index contributed by atoms with van der Waals surface area (Å²) in [6.45, 7) is 3.95. The van der Waals surface area contributed by atoms with Crippen LogP contribution in [0.2, 0.25) is 10.0 Å². The van der Waals surface area contributed by atoms with Gasteiger partial charge in [-0.25, -0.2) is 8.42 Å². The Kier molecular flexibility index (Phi) is 7.68. The molecular formula is C16H18Cl3NO2S. The van der Waals surface area contributed by atoms with E-state index in [0.717, 1.165) is 28.3 Å². The molecule has 0 bridgehead atoms. The fourth-order valence-electron chi connectivity index (χ4n) is 1.84. The molecule has 0 saturated heterocycles. The zero-order chi connectivity index (χ0) is 17.6. The first kappa shape index (κ1) is 20.1. The maximum Gasteiger partial charge on any atom is 0.261 e. The van der Waals surface area contributed by atoms with Gasteiger partial charge in [0.1, 0.15) is 0 Å². The van der Waals surface area contributed by atoms with Crippen molar-refractivity contribution in [2.75, 3.05) is 5.73 Å². The lowest BCUT2D eigenvalue weighted by Gasteiger charge is -2.02. The van der Waals surface area contributed by atoms with Gasteiger partial charge in [0.25, 0.3) is 9.05 Å². The van der Waals surface area contributed by atoms with E-state index in [1.54, 1.807) is 0 Å². The standard InChI is InChI=1S/C8H8Cl2O2S.C8H10ClN/c1-2-6-5-7(13(10,11)12)3-4-8(6)9;1-2-6-5-7(10)3-4-8(6)9/h3-5H,2H2,1H3;3-5H,2,10H2,1H3. The smallest absolute Gasteiger partial charge is 0.261 e. The van der Waals surface area contributed by atoms with Crippen LogP contribution in [0.3, 0.4) is 0 Å². The molecule has 0 spiro atoms. The van der Waals surface area contributed by atoms with Crippen molar-refractivity contribution in [1.29, 1.82) is 0 Å². The Morgan fingerprint density at radius 3 is 1.83 bits per heavy atom. The van der Waals surface area contributed by atoms with Gasteiger partial charge in [-0.15, -0.1) is 0 Å². The Hall–Kier alpha value is -0.940. The molecule has 0 aliphatic carbocycles. The van der Waals surface area contributed by atoms with Crippen molar-refractivity contribution in [2.45, 2.75) is 31.6 Å². The highest BCUT2D eigenvalue weighted by Gasteiger charge is 2.11. The Labute approximate surface area is 151 Å². The number of halogens is 3. The minimum atomic E-state index is -3.64. The molecule has 126 valence electrons. The quantitative estimate of drug-likeness (QED) is 0.566. The third-order valence-electron chi connectivity index (χ3n) is 3.13. The van der Waals surface area contributed by atoms with E-state index in [9.17, 15) is 8.42 Å². The summed E-state index contributed by atoms with van der Waals surface area (Å²) in [6, 6.07) is 9.96. The SMILES string of the molecule is CCc1cc(N)ccc1Cl.CCc1cc(S(=O)(=O)Cl)ccc1Cl. The molecule has 7 heteroatoms. The predicted molar refractivity (Wildman–Crippen MR) is 99.1 cm³/mol. The van der Waals surface area contributed by atoms with Gasteiger partial charge < -0.3 is 5.73 Å². The van der Waals surface area contributed by atoms with Crippen molar-refractivity contribution >= 4 is 48.6 Å². The highest BCUT2D eigenvalue weighted by molar-refractivity contribution is 8.13. The van der Waals surface area contributed by atoms with E-state index < -0.39 is 9.05 Å². The van der Waals surface area contributed by atoms with Crippen molar-refractivity contribution in [3.8, 4) is 0 Å². The van der Waals surface area contributed by atoms with Gasteiger partial charge in [-0.3, -0.25) is 0 Å². The topological polar surface area (TPSA) is 60.2 Å². The van der Waals surface area contributed by atoms with E-state index in [4.69, 9.17) is 39.6 Å². The van der Waals surface area contributed by atoms with E-state index in [2.05, 4.69) is 6.92 Å². The number of hydrogen-bond donors (Lipinski definition) is 1. The minimum Gasteiger partial charge on any atom is -0.399 e. The zero-order valence-corrected chi connectivity index (χ0v) is 15.9. The molecule has 0 amide bonds. The van der Waals surface area contributed by atoms with Gasteiger partial charge in [0.15, 0.2) is 0 Å². The van der Waals surface area contributed by atoms with Gasteiger partial charge in [-0.2, -0.15) is 0 Å². The Balaban J connectivity index is 0.000000238. The van der Waals surface area contributed by atoms with Crippen LogP contribution < -0.4 is 5.73 Å². The maximum atomic E-state index is 10.9. The third kappa shape index (κ3) is 6.22. The van der Waals surface area contributed by atoms with Crippen LogP contribution in [-0.4, -0.2) is 8.42 Å². The lowest BCUT2D eigenvalue weighted by atomic mass is 10.1. The molecule has 0 aliphatic heterocycles. The molecule has 23 heavy (non-hydrogen) atoms. The van der Waals surface area contributed by atoms with Crippen LogP contribution in [-0.2, 0) is 21.9 Å². The summed E-state index contributed by atoms with van der Waals surface area (Å²) < 4.78 is 21.9. The van der Waals surface area contributed by atoms with Crippen molar-refractivity contribution in [2.24, 2.45) is 0 Å². The van der Waals surface area contributed by atoms with Crippen molar-refractivity contribution in [1.82, 2.24) is 0 Å². The third-order valence-corrected chi connectivity index (χ3v) is 5.22. The van der Waals surface area contributed by atoms with Gasteiger partial charge in [0.2, 0.25) is 0 Å². The van der Waals surface area contributed by atoms with Gasteiger partial charge in [-0.1, -0.05) is 37.0 Å². The molecule has 0 aromatic heterocycles. The highest BCUT2D eigenvalue weighted by Crippen LogP contribution is 2.23. The summed E-state index contributed by atoms with van der Waals surface area (Å²) in [7, 11) is 1.53.